The second-order valence-corrected chi connectivity index (χ2v) is 10.5. The molecule has 0 bridgehead atoms. The minimum Gasteiger partial charge on any atom is -0.306 e. The molecule has 1 aliphatic heterocycles. The van der Waals surface area contributed by atoms with Crippen LogP contribution in [0.3, 0.4) is 0 Å². The predicted octanol–water partition coefficient (Wildman–Crippen LogP) is 6.55. The molecule has 0 aliphatic carbocycles. The summed E-state index contributed by atoms with van der Waals surface area (Å²) in [5.41, 5.74) is 5.73. The van der Waals surface area contributed by atoms with Gasteiger partial charge in [-0.2, -0.15) is 0 Å². The summed E-state index contributed by atoms with van der Waals surface area (Å²) in [6.45, 7) is 3.75. The molecule has 3 aromatic rings. The maximum Gasteiger partial charge on any atom is 0.162 e. The van der Waals surface area contributed by atoms with Crippen LogP contribution in [0.4, 0.5) is 4.39 Å². The summed E-state index contributed by atoms with van der Waals surface area (Å²) in [6, 6.07) is 23.6. The number of rotatable bonds is 11. The lowest BCUT2D eigenvalue weighted by Gasteiger charge is -2.28. The number of ketones is 1. The summed E-state index contributed by atoms with van der Waals surface area (Å²) in [7, 11) is 4.26. The molecule has 190 valence electrons. The van der Waals surface area contributed by atoms with Crippen molar-refractivity contribution in [3.8, 4) is 0 Å². The van der Waals surface area contributed by atoms with Crippen molar-refractivity contribution in [1.82, 2.24) is 9.80 Å². The first-order chi connectivity index (χ1) is 17.5. The molecule has 4 rings (SSSR count). The second-order valence-electron chi connectivity index (χ2n) is 10.5. The number of hydrogen-bond donors (Lipinski definition) is 0. The van der Waals surface area contributed by atoms with Gasteiger partial charge in [0.15, 0.2) is 5.78 Å². The maximum absolute atomic E-state index is 13.3. The van der Waals surface area contributed by atoms with Gasteiger partial charge in [0.1, 0.15) is 5.82 Å². The van der Waals surface area contributed by atoms with Crippen LogP contribution in [0.15, 0.2) is 72.8 Å². The highest BCUT2D eigenvalue weighted by Crippen LogP contribution is 2.24. The summed E-state index contributed by atoms with van der Waals surface area (Å²) in [5.74, 6) is 0.707. The quantitative estimate of drug-likeness (QED) is 0.287. The number of halogens is 1. The molecule has 0 atom stereocenters. The number of piperidine rings is 1. The third-order valence-electron chi connectivity index (χ3n) is 7.48. The van der Waals surface area contributed by atoms with E-state index in [2.05, 4.69) is 60.3 Å². The van der Waals surface area contributed by atoms with E-state index >= 15 is 0 Å². The molecule has 0 aromatic heterocycles. The number of nitrogens with zero attached hydrogens (tertiary/aromatic N) is 2. The van der Waals surface area contributed by atoms with E-state index in [-0.39, 0.29) is 11.6 Å². The molecule has 3 aromatic carbocycles. The van der Waals surface area contributed by atoms with Crippen LogP contribution in [0, 0.1) is 11.7 Å². The molecule has 1 fully saturated rings. The van der Waals surface area contributed by atoms with Gasteiger partial charge in [0.25, 0.3) is 0 Å². The largest absolute Gasteiger partial charge is 0.306 e. The fourth-order valence-corrected chi connectivity index (χ4v) is 5.19. The first-order valence-electron chi connectivity index (χ1n) is 13.3. The summed E-state index contributed by atoms with van der Waals surface area (Å²) >= 11 is 0. The Morgan fingerprint density at radius 3 is 2.33 bits per heavy atom. The lowest BCUT2D eigenvalue weighted by molar-refractivity contribution is 0.0965. The van der Waals surface area contributed by atoms with Crippen molar-refractivity contribution in [3.05, 3.63) is 106 Å². The topological polar surface area (TPSA) is 23.6 Å². The predicted molar refractivity (Wildman–Crippen MR) is 146 cm³/mol. The Kier molecular flexibility index (Phi) is 9.43. The Balaban J connectivity index is 1.45. The zero-order valence-corrected chi connectivity index (χ0v) is 21.8. The lowest BCUT2D eigenvalue weighted by Crippen LogP contribution is -2.30. The summed E-state index contributed by atoms with van der Waals surface area (Å²) in [6.07, 6.45) is 5.92. The molecule has 0 radical (unpaired) electrons. The van der Waals surface area contributed by atoms with E-state index in [0.29, 0.717) is 12.3 Å². The molecule has 0 N–H and O–H groups in total. The Morgan fingerprint density at radius 2 is 1.61 bits per heavy atom. The first kappa shape index (κ1) is 26.2. The Bertz CT molecular complexity index is 1100. The van der Waals surface area contributed by atoms with E-state index in [4.69, 9.17) is 0 Å². The average Bonchev–Trinajstić information content (AvgIpc) is 2.89. The number of likely N-dealkylation sites (tertiary alicyclic amines) is 1. The highest BCUT2D eigenvalue weighted by Gasteiger charge is 2.19. The highest BCUT2D eigenvalue weighted by atomic mass is 19.1. The van der Waals surface area contributed by atoms with Gasteiger partial charge in [-0.25, -0.2) is 4.39 Å². The van der Waals surface area contributed by atoms with Gasteiger partial charge < -0.3 is 4.90 Å². The Morgan fingerprint density at radius 1 is 0.889 bits per heavy atom. The van der Waals surface area contributed by atoms with Crippen LogP contribution in [-0.4, -0.2) is 42.8 Å². The SMILES string of the molecule is CN1CCC(CCC(=O)c2ccc(CCc3ccccc3)c(CN(C)Cc3ccc(F)cc3)c2)CC1. The van der Waals surface area contributed by atoms with E-state index in [1.165, 1.54) is 41.7 Å². The second kappa shape index (κ2) is 12.9. The number of benzene rings is 3. The molecule has 0 spiro atoms. The van der Waals surface area contributed by atoms with Crippen LogP contribution in [0.25, 0.3) is 0 Å². The van der Waals surface area contributed by atoms with Crippen molar-refractivity contribution >= 4 is 5.78 Å². The van der Waals surface area contributed by atoms with Gasteiger partial charge >= 0.3 is 0 Å². The highest BCUT2D eigenvalue weighted by molar-refractivity contribution is 5.96. The van der Waals surface area contributed by atoms with Crippen LogP contribution >= 0.6 is 0 Å². The van der Waals surface area contributed by atoms with Gasteiger partial charge in [-0.15, -0.1) is 0 Å². The smallest absolute Gasteiger partial charge is 0.162 e. The molecule has 0 amide bonds. The molecule has 0 unspecified atom stereocenters. The van der Waals surface area contributed by atoms with Crippen molar-refractivity contribution in [2.75, 3.05) is 27.2 Å². The minimum absolute atomic E-state index is 0.212. The molecule has 0 saturated carbocycles. The van der Waals surface area contributed by atoms with Crippen LogP contribution < -0.4 is 0 Å². The minimum atomic E-state index is -0.212. The lowest BCUT2D eigenvalue weighted by atomic mass is 9.89. The van der Waals surface area contributed by atoms with Crippen molar-refractivity contribution < 1.29 is 9.18 Å². The zero-order valence-electron chi connectivity index (χ0n) is 21.8. The zero-order chi connectivity index (χ0) is 25.3. The molecule has 36 heavy (non-hydrogen) atoms. The van der Waals surface area contributed by atoms with E-state index < -0.39 is 0 Å². The molecule has 4 heteroatoms. The molecule has 1 heterocycles. The van der Waals surface area contributed by atoms with Gasteiger partial charge in [-0.1, -0.05) is 54.6 Å². The third-order valence-corrected chi connectivity index (χ3v) is 7.48. The third kappa shape index (κ3) is 7.84. The van der Waals surface area contributed by atoms with Crippen LogP contribution in [0.5, 0.6) is 0 Å². The van der Waals surface area contributed by atoms with Crippen molar-refractivity contribution in [3.63, 3.8) is 0 Å². The normalized spacial score (nSPS) is 14.9. The average molecular weight is 487 g/mol. The van der Waals surface area contributed by atoms with Crippen molar-refractivity contribution in [1.29, 1.82) is 0 Å². The standard InChI is InChI=1S/C32H39FN2O/c1-34-20-18-26(19-21-34)11-17-32(36)29-14-13-28(12-8-25-6-4-3-5-7-25)30(22-29)24-35(2)23-27-9-15-31(33)16-10-27/h3-7,9-10,13-16,22,26H,8,11-12,17-21,23-24H2,1-2H3. The molecular weight excluding hydrogens is 447 g/mol. The van der Waals surface area contributed by atoms with E-state index in [0.717, 1.165) is 56.6 Å². The molecule has 3 nitrogen and oxygen atoms in total. The number of hydrogen-bond acceptors (Lipinski definition) is 3. The van der Waals surface area contributed by atoms with E-state index in [9.17, 15) is 9.18 Å². The number of aryl methyl sites for hydroxylation is 2. The summed E-state index contributed by atoms with van der Waals surface area (Å²) in [4.78, 5) is 17.8. The number of carbonyl (C=O) groups excluding carboxylic acids is 1. The van der Waals surface area contributed by atoms with E-state index in [1.54, 1.807) is 0 Å². The Labute approximate surface area is 215 Å². The van der Waals surface area contributed by atoms with Crippen LogP contribution in [-0.2, 0) is 25.9 Å². The fourth-order valence-electron chi connectivity index (χ4n) is 5.19. The monoisotopic (exact) mass is 486 g/mol. The van der Waals surface area contributed by atoms with Crippen LogP contribution in [0.1, 0.15) is 58.3 Å². The Hall–Kier alpha value is -2.82. The molecular formula is C32H39FN2O. The summed E-state index contributed by atoms with van der Waals surface area (Å²) < 4.78 is 13.3. The number of Topliss-reactive ketones (excluding diaryl/α,β-unsaturated/α-hetero) is 1. The maximum atomic E-state index is 13.3. The van der Waals surface area contributed by atoms with Gasteiger partial charge in [-0.3, -0.25) is 9.69 Å². The van der Waals surface area contributed by atoms with Gasteiger partial charge in [0.05, 0.1) is 0 Å². The number of carbonyl (C=O) groups is 1. The summed E-state index contributed by atoms with van der Waals surface area (Å²) in [5, 5.41) is 0. The molecule has 1 aliphatic rings. The van der Waals surface area contributed by atoms with Crippen molar-refractivity contribution in [2.24, 2.45) is 5.92 Å². The van der Waals surface area contributed by atoms with Gasteiger partial charge in [0, 0.05) is 25.1 Å². The van der Waals surface area contributed by atoms with Crippen molar-refractivity contribution in [2.45, 2.75) is 51.6 Å². The fraction of sp³-hybridized carbons (Fsp3) is 0.406. The molecule has 1 saturated heterocycles. The first-order valence-corrected chi connectivity index (χ1v) is 13.3. The van der Waals surface area contributed by atoms with Gasteiger partial charge in [0.2, 0.25) is 0 Å². The van der Waals surface area contributed by atoms with Crippen LogP contribution in [0.2, 0.25) is 0 Å². The van der Waals surface area contributed by atoms with Gasteiger partial charge in [-0.05, 0) is 106 Å². The van der Waals surface area contributed by atoms with E-state index in [1.807, 2.05) is 24.3 Å².